The maximum Gasteiger partial charge on any atom is 0.416 e. The highest BCUT2D eigenvalue weighted by atomic mass is 19.4. The first kappa shape index (κ1) is 20.7. The minimum Gasteiger partial charge on any atom is -0.374 e. The van der Waals surface area contributed by atoms with Gasteiger partial charge in [0.05, 0.1) is 11.6 Å². The number of aldehydes is 1. The summed E-state index contributed by atoms with van der Waals surface area (Å²) >= 11 is 0. The third-order valence-electron chi connectivity index (χ3n) is 6.42. The maximum atomic E-state index is 13.9. The summed E-state index contributed by atoms with van der Waals surface area (Å²) in [5.41, 5.74) is 2.42. The lowest BCUT2D eigenvalue weighted by Crippen LogP contribution is -2.14. The average Bonchev–Trinajstić information content (AvgIpc) is 3.45. The number of nitrogens with one attached hydrogen (secondary N) is 1. The van der Waals surface area contributed by atoms with E-state index in [-0.39, 0.29) is 23.4 Å². The molecular formula is C24H22F3N3O2. The van der Waals surface area contributed by atoms with Crippen LogP contribution < -0.4 is 5.32 Å². The van der Waals surface area contributed by atoms with E-state index in [0.717, 1.165) is 55.7 Å². The Morgan fingerprint density at radius 2 is 1.88 bits per heavy atom. The highest BCUT2D eigenvalue weighted by Crippen LogP contribution is 2.42. The Balaban J connectivity index is 1.42. The van der Waals surface area contributed by atoms with E-state index >= 15 is 0 Å². The van der Waals surface area contributed by atoms with Gasteiger partial charge >= 0.3 is 6.18 Å². The number of aromatic nitrogens is 2. The van der Waals surface area contributed by atoms with Gasteiger partial charge in [0.1, 0.15) is 6.29 Å². The van der Waals surface area contributed by atoms with Gasteiger partial charge in [-0.05, 0) is 60.2 Å². The number of hydrogen-bond donors (Lipinski definition) is 1. The number of rotatable bonds is 4. The third-order valence-corrected chi connectivity index (χ3v) is 6.42. The van der Waals surface area contributed by atoms with Crippen LogP contribution in [0.1, 0.15) is 76.9 Å². The average molecular weight is 441 g/mol. The smallest absolute Gasteiger partial charge is 0.374 e. The summed E-state index contributed by atoms with van der Waals surface area (Å²) in [4.78, 5) is 15.4. The van der Waals surface area contributed by atoms with Gasteiger partial charge in [-0.25, -0.2) is 0 Å². The van der Waals surface area contributed by atoms with Crippen molar-refractivity contribution in [3.8, 4) is 11.5 Å². The van der Waals surface area contributed by atoms with Gasteiger partial charge in [0.25, 0.3) is 5.89 Å². The summed E-state index contributed by atoms with van der Waals surface area (Å²) in [6.07, 6.45) is 1.47. The molecule has 32 heavy (non-hydrogen) atoms. The molecule has 1 unspecified atom stereocenters. The van der Waals surface area contributed by atoms with Gasteiger partial charge in [0.2, 0.25) is 0 Å². The molecule has 5 rings (SSSR count). The molecule has 1 aliphatic heterocycles. The molecule has 0 saturated heterocycles. The highest BCUT2D eigenvalue weighted by molar-refractivity contribution is 5.77. The van der Waals surface area contributed by atoms with Crippen molar-refractivity contribution >= 4 is 12.0 Å². The van der Waals surface area contributed by atoms with E-state index in [2.05, 4.69) is 15.5 Å². The molecule has 1 N–H and O–H groups in total. The van der Waals surface area contributed by atoms with E-state index in [1.165, 1.54) is 0 Å². The van der Waals surface area contributed by atoms with Gasteiger partial charge in [0.15, 0.2) is 5.82 Å². The summed E-state index contributed by atoms with van der Waals surface area (Å²) < 4.78 is 46.9. The summed E-state index contributed by atoms with van der Waals surface area (Å²) in [6.45, 7) is 0. The maximum absolute atomic E-state index is 13.9. The molecule has 2 heterocycles. The van der Waals surface area contributed by atoms with Gasteiger partial charge in [0, 0.05) is 23.2 Å². The summed E-state index contributed by atoms with van der Waals surface area (Å²) in [5.74, 6) is 0.367. The second-order valence-corrected chi connectivity index (χ2v) is 8.53. The molecule has 166 valence electrons. The van der Waals surface area contributed by atoms with Crippen LogP contribution in [0.5, 0.6) is 0 Å². The second kappa shape index (κ2) is 8.07. The lowest BCUT2D eigenvalue weighted by atomic mass is 9.81. The fraction of sp³-hybridized carbons (Fsp3) is 0.375. The number of benzene rings is 2. The molecule has 2 aromatic carbocycles. The molecular weight excluding hydrogens is 419 g/mol. The number of hydrogen-bond acceptors (Lipinski definition) is 5. The molecule has 0 radical (unpaired) electrons. The Kier molecular flexibility index (Phi) is 5.23. The number of carbonyl (C=O) groups excluding carboxylic acids is 1. The zero-order chi connectivity index (χ0) is 22.3. The van der Waals surface area contributed by atoms with Crippen molar-refractivity contribution in [2.75, 3.05) is 5.32 Å². The molecule has 1 fully saturated rings. The van der Waals surface area contributed by atoms with Crippen LogP contribution in [0.15, 0.2) is 40.9 Å². The van der Waals surface area contributed by atoms with E-state index in [4.69, 9.17) is 4.52 Å². The molecule has 3 aromatic rings. The van der Waals surface area contributed by atoms with Crippen molar-refractivity contribution in [2.24, 2.45) is 0 Å². The first-order valence-corrected chi connectivity index (χ1v) is 10.8. The van der Waals surface area contributed by atoms with Gasteiger partial charge in [-0.15, -0.1) is 0 Å². The summed E-state index contributed by atoms with van der Waals surface area (Å²) in [6, 6.07) is 9.42. The monoisotopic (exact) mass is 441 g/mol. The first-order chi connectivity index (χ1) is 15.4. The molecule has 2 aliphatic rings. The third kappa shape index (κ3) is 3.89. The Morgan fingerprint density at radius 1 is 1.06 bits per heavy atom. The summed E-state index contributed by atoms with van der Waals surface area (Å²) in [5, 5.41) is 7.28. The van der Waals surface area contributed by atoms with Crippen molar-refractivity contribution in [2.45, 2.75) is 56.7 Å². The van der Waals surface area contributed by atoms with Crippen LogP contribution in [0.4, 0.5) is 18.9 Å². The first-order valence-electron chi connectivity index (χ1n) is 10.8. The van der Waals surface area contributed by atoms with E-state index in [0.29, 0.717) is 23.4 Å². The fourth-order valence-electron chi connectivity index (χ4n) is 4.81. The molecule has 1 aromatic heterocycles. The Hall–Kier alpha value is -3.16. The molecule has 1 aliphatic carbocycles. The van der Waals surface area contributed by atoms with E-state index in [1.807, 2.05) is 6.07 Å². The number of carbonyl (C=O) groups is 1. The number of halogens is 3. The van der Waals surface area contributed by atoms with Crippen LogP contribution in [0, 0.1) is 0 Å². The van der Waals surface area contributed by atoms with Gasteiger partial charge in [-0.1, -0.05) is 30.5 Å². The van der Waals surface area contributed by atoms with Crippen LogP contribution in [0.2, 0.25) is 0 Å². The van der Waals surface area contributed by atoms with E-state index in [9.17, 15) is 18.0 Å². The number of nitrogens with zero attached hydrogens (tertiary/aromatic N) is 2. The number of alkyl halides is 3. The van der Waals surface area contributed by atoms with Crippen molar-refractivity contribution in [3.05, 3.63) is 64.5 Å². The minimum absolute atomic E-state index is 0.0621. The lowest BCUT2D eigenvalue weighted by Gasteiger charge is -2.25. The Morgan fingerprint density at radius 3 is 2.62 bits per heavy atom. The number of anilines is 1. The Labute approximate surface area is 183 Å². The van der Waals surface area contributed by atoms with Crippen molar-refractivity contribution in [1.82, 2.24) is 10.1 Å². The molecule has 1 atom stereocenters. The van der Waals surface area contributed by atoms with Crippen molar-refractivity contribution < 1.29 is 22.5 Å². The van der Waals surface area contributed by atoms with Crippen molar-refractivity contribution in [3.63, 3.8) is 0 Å². The lowest BCUT2D eigenvalue weighted by molar-refractivity contribution is -0.138. The van der Waals surface area contributed by atoms with Gasteiger partial charge < -0.3 is 9.84 Å². The molecule has 0 spiro atoms. The second-order valence-electron chi connectivity index (χ2n) is 8.53. The standard InChI is InChI=1S/C24H22F3N3O2/c25-24(26,27)19-11-16(7-8-18(19)15-4-2-1-3-5-15)23-29-22(30-32-23)21-12-17-10-14(13-31)6-9-20(17)28-21/h6-11,13,15,21,28H,1-5,12H2. The van der Waals surface area contributed by atoms with Crippen LogP contribution in [0.3, 0.4) is 0 Å². The quantitative estimate of drug-likeness (QED) is 0.480. The van der Waals surface area contributed by atoms with Crippen LogP contribution in [-0.4, -0.2) is 16.4 Å². The van der Waals surface area contributed by atoms with E-state index < -0.39 is 11.7 Å². The van der Waals surface area contributed by atoms with Crippen LogP contribution in [-0.2, 0) is 12.6 Å². The predicted molar refractivity (Wildman–Crippen MR) is 112 cm³/mol. The van der Waals surface area contributed by atoms with E-state index in [1.54, 1.807) is 24.3 Å². The zero-order valence-corrected chi connectivity index (χ0v) is 17.3. The number of fused-ring (bicyclic) bond motifs is 1. The molecule has 0 bridgehead atoms. The normalized spacial score (nSPS) is 18.9. The SMILES string of the molecule is O=Cc1ccc2c(c1)CC(c1noc(-c3ccc(C4CCCCC4)c(C(F)(F)F)c3)n1)N2. The van der Waals surface area contributed by atoms with Crippen LogP contribution >= 0.6 is 0 Å². The molecule has 5 nitrogen and oxygen atoms in total. The fourth-order valence-corrected chi connectivity index (χ4v) is 4.81. The molecule has 8 heteroatoms. The summed E-state index contributed by atoms with van der Waals surface area (Å²) in [7, 11) is 0. The highest BCUT2D eigenvalue weighted by Gasteiger charge is 2.36. The molecule has 0 amide bonds. The van der Waals surface area contributed by atoms with Crippen molar-refractivity contribution in [1.29, 1.82) is 0 Å². The topological polar surface area (TPSA) is 68.0 Å². The Bertz CT molecular complexity index is 1150. The zero-order valence-electron chi connectivity index (χ0n) is 17.3. The largest absolute Gasteiger partial charge is 0.416 e. The van der Waals surface area contributed by atoms with Gasteiger partial charge in [-0.2, -0.15) is 18.2 Å². The molecule has 1 saturated carbocycles. The predicted octanol–water partition coefficient (Wildman–Crippen LogP) is 6.32. The van der Waals surface area contributed by atoms with Crippen LogP contribution in [0.25, 0.3) is 11.5 Å². The minimum atomic E-state index is -4.45. The van der Waals surface area contributed by atoms with Gasteiger partial charge in [-0.3, -0.25) is 4.79 Å².